The Kier molecular flexibility index (Phi) is 11.5. The fraction of sp³-hybridized carbons (Fsp3) is 0.694. The molecule has 1 aromatic carbocycles. The second-order valence-corrected chi connectivity index (χ2v) is 57.2. The van der Waals surface area contributed by atoms with Crippen molar-refractivity contribution >= 4 is 56.8 Å². The molecule has 2 aromatic rings. The van der Waals surface area contributed by atoms with Gasteiger partial charge in [0.25, 0.3) is 0 Å². The highest BCUT2D eigenvalue weighted by Gasteiger charge is 2.47. The zero-order chi connectivity index (χ0) is 33.9. The van der Waals surface area contributed by atoms with Gasteiger partial charge in [-0.25, -0.2) is 0 Å². The summed E-state index contributed by atoms with van der Waals surface area (Å²) in [7, 11) is -10.2. The van der Waals surface area contributed by atoms with Crippen LogP contribution in [0.3, 0.4) is 0 Å². The van der Waals surface area contributed by atoms with E-state index in [1.165, 1.54) is 0 Å². The number of hydrogen-bond donors (Lipinski definition) is 0. The molecule has 0 N–H and O–H groups in total. The molecule has 1 heterocycles. The maximum Gasteiger partial charge on any atom is 0.0770 e. The quantitative estimate of drug-likeness (QED) is 0.216. The summed E-state index contributed by atoms with van der Waals surface area (Å²) in [6.45, 7) is 55.7. The first-order valence-electron chi connectivity index (χ1n) is 17.1. The van der Waals surface area contributed by atoms with E-state index >= 15 is 0 Å². The average Bonchev–Trinajstić information content (AvgIpc) is 2.66. The van der Waals surface area contributed by atoms with Crippen LogP contribution in [0, 0.1) is 0 Å². The third-order valence-corrected chi connectivity index (χ3v) is 40.4. The van der Waals surface area contributed by atoms with Crippen molar-refractivity contribution in [2.75, 3.05) is 0 Å². The van der Waals surface area contributed by atoms with Gasteiger partial charge in [-0.05, 0) is 42.8 Å². The molecule has 0 spiro atoms. The monoisotopic (exact) mass is 700 g/mol. The van der Waals surface area contributed by atoms with E-state index in [1.54, 1.807) is 10.7 Å². The summed E-state index contributed by atoms with van der Waals surface area (Å²) in [4.78, 5) is 0. The van der Waals surface area contributed by atoms with Gasteiger partial charge >= 0.3 is 0 Å². The summed E-state index contributed by atoms with van der Waals surface area (Å²) in [5.74, 6) is 0. The largest absolute Gasteiger partial charge is 0.0770 e. The molecule has 0 aliphatic heterocycles. The van der Waals surface area contributed by atoms with Crippen LogP contribution in [0.4, 0.5) is 0 Å². The SMILES string of the molecule is CC(C)(C)c1cccc[si]1-c1c(C([Si](C)(C)C)[Si](C)(C)C)cc(C([Si](C)(C)C)[Si](C)(C)C)cc1C([Si](C)(C)C)[Si](C)(C)C. The third kappa shape index (κ3) is 9.34. The van der Waals surface area contributed by atoms with Crippen molar-refractivity contribution in [3.8, 4) is 5.19 Å². The zero-order valence-electron chi connectivity index (χ0n) is 32.7. The molecule has 0 unspecified atom stereocenters. The summed E-state index contributed by atoms with van der Waals surface area (Å²) in [5.41, 5.74) is 8.29. The fourth-order valence-corrected chi connectivity index (χ4v) is 51.6. The minimum atomic E-state index is -1.55. The van der Waals surface area contributed by atoms with E-state index in [0.29, 0.717) is 0 Å². The molecule has 1 aromatic heterocycles. The topological polar surface area (TPSA) is 0 Å². The van der Waals surface area contributed by atoms with Gasteiger partial charge in [0.1, 0.15) is 0 Å². The van der Waals surface area contributed by atoms with Crippen LogP contribution in [0.25, 0.3) is 5.19 Å². The van der Waals surface area contributed by atoms with E-state index in [9.17, 15) is 0 Å². The molecule has 0 amide bonds. The minimum Gasteiger partial charge on any atom is -0.0734 e. The highest BCUT2D eigenvalue weighted by molar-refractivity contribution is 6.98. The van der Waals surface area contributed by atoms with Crippen LogP contribution >= 0.6 is 0 Å². The van der Waals surface area contributed by atoms with Gasteiger partial charge < -0.3 is 0 Å². The van der Waals surface area contributed by atoms with E-state index in [4.69, 9.17) is 0 Å². The lowest BCUT2D eigenvalue weighted by molar-refractivity contribution is 0.600. The lowest BCUT2D eigenvalue weighted by Crippen LogP contribution is -2.50. The summed E-state index contributed by atoms with van der Waals surface area (Å²) >= 11 is 0. The first-order valence-corrected chi connectivity index (χ1v) is 40.1. The van der Waals surface area contributed by atoms with Crippen molar-refractivity contribution in [1.82, 2.24) is 0 Å². The summed E-state index contributed by atoms with van der Waals surface area (Å²) < 4.78 is 0. The van der Waals surface area contributed by atoms with E-state index < -0.39 is 56.8 Å². The fourth-order valence-electron chi connectivity index (χ4n) is 9.76. The Bertz CT molecular complexity index is 1170. The smallest absolute Gasteiger partial charge is 0.0734 e. The van der Waals surface area contributed by atoms with Gasteiger partial charge in [-0.3, -0.25) is 0 Å². The van der Waals surface area contributed by atoms with Gasteiger partial charge in [0.05, 0.1) is 8.40 Å². The standard InChI is InChI=1S/C36H72Si7/c1-36(2,3)31-24-22-23-25-37(31)32-29(34(40(10,11)12)41(13,14)15)26-28(33(38(4,5)6)39(7,8)9)27-30(32)35(42(16,17)18)43(19,20)21/h22-27,33-35H,1-21H3. The van der Waals surface area contributed by atoms with Crippen molar-refractivity contribution in [1.29, 1.82) is 0 Å². The van der Waals surface area contributed by atoms with Crippen LogP contribution < -0.4 is 0 Å². The molecular formula is C36H72Si7. The highest BCUT2D eigenvalue weighted by atomic mass is 28.4. The Hall–Kier alpha value is 0.0882. The van der Waals surface area contributed by atoms with Crippen LogP contribution in [0.15, 0.2) is 36.0 Å². The lowest BCUT2D eigenvalue weighted by Gasteiger charge is -2.46. The van der Waals surface area contributed by atoms with Crippen LogP contribution in [0.2, 0.25) is 118 Å². The van der Waals surface area contributed by atoms with Crippen molar-refractivity contribution < 1.29 is 0 Å². The maximum absolute atomic E-state index is 2.90. The van der Waals surface area contributed by atoms with E-state index in [-0.39, 0.29) is 5.41 Å². The predicted molar refractivity (Wildman–Crippen MR) is 221 cm³/mol. The van der Waals surface area contributed by atoms with Crippen molar-refractivity contribution in [2.24, 2.45) is 0 Å². The van der Waals surface area contributed by atoms with Crippen molar-refractivity contribution in [3.63, 3.8) is 0 Å². The zero-order valence-corrected chi connectivity index (χ0v) is 39.7. The first-order chi connectivity index (χ1) is 18.8. The van der Waals surface area contributed by atoms with E-state index in [2.05, 4.69) is 175 Å². The molecule has 0 nitrogen and oxygen atoms in total. The molecule has 0 saturated carbocycles. The molecule has 43 heavy (non-hydrogen) atoms. The predicted octanol–water partition coefficient (Wildman–Crippen LogP) is 12.5. The Balaban J connectivity index is 3.51. The van der Waals surface area contributed by atoms with E-state index in [0.717, 1.165) is 15.5 Å². The molecule has 2 rings (SSSR count). The maximum atomic E-state index is 2.90. The Morgan fingerprint density at radius 3 is 1.09 bits per heavy atom. The summed E-state index contributed by atoms with van der Waals surface area (Å²) in [6.07, 6.45) is 0. The summed E-state index contributed by atoms with van der Waals surface area (Å²) in [5, 5.41) is 5.83. The highest BCUT2D eigenvalue weighted by Crippen LogP contribution is 2.48. The van der Waals surface area contributed by atoms with E-state index in [1.807, 2.05) is 16.3 Å². The molecule has 7 heteroatoms. The minimum absolute atomic E-state index is 0.170. The molecule has 0 saturated heterocycles. The van der Waals surface area contributed by atoms with Crippen LogP contribution in [-0.4, -0.2) is 56.8 Å². The molecule has 0 aliphatic rings. The second-order valence-electron chi connectivity index (χ2n) is 21.4. The first kappa shape index (κ1) is 39.3. The average molecular weight is 702 g/mol. The molecule has 0 bridgehead atoms. The second kappa shape index (κ2) is 12.6. The molecule has 0 atom stereocenters. The number of hydrogen-bond acceptors (Lipinski definition) is 0. The van der Waals surface area contributed by atoms with Crippen LogP contribution in [0.1, 0.15) is 58.1 Å². The normalized spacial score (nSPS) is 14.8. The molecule has 0 aliphatic carbocycles. The Morgan fingerprint density at radius 1 is 0.488 bits per heavy atom. The molecule has 0 radical (unpaired) electrons. The van der Waals surface area contributed by atoms with Gasteiger partial charge in [-0.2, -0.15) is 0 Å². The molecule has 244 valence electrons. The van der Waals surface area contributed by atoms with Gasteiger partial charge in [-0.1, -0.05) is 180 Å². The lowest BCUT2D eigenvalue weighted by atomic mass is 9.95. The van der Waals surface area contributed by atoms with Crippen LogP contribution in [0.5, 0.6) is 0 Å². The summed E-state index contributed by atoms with van der Waals surface area (Å²) in [6, 6.07) is 13.1. The Labute approximate surface area is 277 Å². The van der Waals surface area contributed by atoms with Gasteiger partial charge in [0, 0.05) is 48.4 Å². The third-order valence-electron chi connectivity index (χ3n) is 9.38. The van der Waals surface area contributed by atoms with Gasteiger partial charge in [-0.15, -0.1) is 0 Å². The number of benzene rings is 1. The van der Waals surface area contributed by atoms with Gasteiger partial charge in [0.2, 0.25) is 0 Å². The van der Waals surface area contributed by atoms with Crippen molar-refractivity contribution in [2.45, 2.75) is 160 Å². The molecular weight excluding hydrogens is 629 g/mol. The van der Waals surface area contributed by atoms with Crippen molar-refractivity contribution in [3.05, 3.63) is 57.9 Å². The number of rotatable bonds is 10. The van der Waals surface area contributed by atoms with Gasteiger partial charge in [0.15, 0.2) is 0 Å². The molecule has 0 fully saturated rings. The van der Waals surface area contributed by atoms with Crippen LogP contribution in [-0.2, 0) is 5.41 Å². The Morgan fingerprint density at radius 2 is 0.814 bits per heavy atom.